The Morgan fingerprint density at radius 3 is 3.13 bits per heavy atom. The largest absolute Gasteiger partial charge is 0.391 e. The van der Waals surface area contributed by atoms with Gasteiger partial charge in [-0.15, -0.1) is 0 Å². The van der Waals surface area contributed by atoms with Crippen molar-refractivity contribution in [3.63, 3.8) is 0 Å². The van der Waals surface area contributed by atoms with Gasteiger partial charge in [-0.2, -0.15) is 0 Å². The number of pyridine rings is 1. The van der Waals surface area contributed by atoms with Gasteiger partial charge in [-0.1, -0.05) is 0 Å². The van der Waals surface area contributed by atoms with Crippen LogP contribution in [0.5, 0.6) is 0 Å². The molecule has 0 radical (unpaired) electrons. The van der Waals surface area contributed by atoms with Crippen LogP contribution in [0.15, 0.2) is 24.5 Å². The van der Waals surface area contributed by atoms with E-state index in [4.69, 9.17) is 5.73 Å². The first-order chi connectivity index (χ1) is 7.22. The summed E-state index contributed by atoms with van der Waals surface area (Å²) in [6.45, 7) is 0.288. The normalized spacial score (nSPS) is 13.3. The zero-order valence-corrected chi connectivity index (χ0v) is 8.72. The molecule has 2 aromatic rings. The van der Waals surface area contributed by atoms with E-state index >= 15 is 0 Å². The molecule has 1 atom stereocenters. The monoisotopic (exact) mass is 205 g/mol. The van der Waals surface area contributed by atoms with E-state index in [2.05, 4.69) is 4.98 Å². The molecule has 15 heavy (non-hydrogen) atoms. The van der Waals surface area contributed by atoms with Crippen LogP contribution in [0.3, 0.4) is 0 Å². The van der Waals surface area contributed by atoms with E-state index in [0.29, 0.717) is 6.42 Å². The highest BCUT2D eigenvalue weighted by atomic mass is 16.3. The lowest BCUT2D eigenvalue weighted by atomic mass is 10.1. The third-order valence-electron chi connectivity index (χ3n) is 2.54. The summed E-state index contributed by atoms with van der Waals surface area (Å²) in [7, 11) is 1.95. The molecule has 2 rings (SSSR count). The smallest absolute Gasteiger partial charge is 0.139 e. The van der Waals surface area contributed by atoms with Crippen molar-refractivity contribution in [3.05, 3.63) is 30.1 Å². The molecule has 0 aliphatic heterocycles. The highest BCUT2D eigenvalue weighted by Crippen LogP contribution is 2.19. The van der Waals surface area contributed by atoms with Gasteiger partial charge in [0.25, 0.3) is 0 Å². The Morgan fingerprint density at radius 2 is 2.40 bits per heavy atom. The summed E-state index contributed by atoms with van der Waals surface area (Å²) in [5.41, 5.74) is 7.44. The van der Waals surface area contributed by atoms with Gasteiger partial charge in [-0.3, -0.25) is 0 Å². The molecule has 2 aromatic heterocycles. The number of aliphatic hydroxyl groups excluding tert-OH is 1. The molecule has 4 heteroatoms. The lowest BCUT2D eigenvalue weighted by molar-refractivity contribution is 0.183. The summed E-state index contributed by atoms with van der Waals surface area (Å²) >= 11 is 0. The van der Waals surface area contributed by atoms with E-state index in [0.717, 1.165) is 16.6 Å². The van der Waals surface area contributed by atoms with Crippen LogP contribution in [0.1, 0.15) is 5.56 Å². The first-order valence-electron chi connectivity index (χ1n) is 4.99. The predicted octanol–water partition coefficient (Wildman–Crippen LogP) is 0.435. The van der Waals surface area contributed by atoms with Crippen molar-refractivity contribution in [1.82, 2.24) is 9.55 Å². The van der Waals surface area contributed by atoms with Gasteiger partial charge in [0.05, 0.1) is 6.10 Å². The molecule has 0 saturated carbocycles. The second-order valence-corrected chi connectivity index (χ2v) is 3.73. The highest BCUT2D eigenvalue weighted by Gasteiger charge is 2.10. The van der Waals surface area contributed by atoms with E-state index in [9.17, 15) is 5.11 Å². The van der Waals surface area contributed by atoms with Crippen molar-refractivity contribution in [2.24, 2.45) is 12.8 Å². The zero-order chi connectivity index (χ0) is 10.8. The number of aryl methyl sites for hydroxylation is 1. The van der Waals surface area contributed by atoms with E-state index in [1.807, 2.05) is 29.9 Å². The zero-order valence-electron chi connectivity index (χ0n) is 8.72. The molecule has 0 saturated heterocycles. The van der Waals surface area contributed by atoms with Gasteiger partial charge in [0.15, 0.2) is 0 Å². The highest BCUT2D eigenvalue weighted by molar-refractivity contribution is 5.80. The average molecular weight is 205 g/mol. The number of nitrogens with zero attached hydrogens (tertiary/aromatic N) is 2. The lowest BCUT2D eigenvalue weighted by Crippen LogP contribution is -2.21. The summed E-state index contributed by atoms with van der Waals surface area (Å²) in [5.74, 6) is 0. The van der Waals surface area contributed by atoms with Crippen LogP contribution in [0.25, 0.3) is 11.0 Å². The first kappa shape index (κ1) is 10.1. The van der Waals surface area contributed by atoms with Crippen molar-refractivity contribution >= 4 is 11.0 Å². The topological polar surface area (TPSA) is 64.1 Å². The van der Waals surface area contributed by atoms with Gasteiger partial charge in [0, 0.05) is 37.8 Å². The fraction of sp³-hybridized carbons (Fsp3) is 0.364. The number of rotatable bonds is 3. The second-order valence-electron chi connectivity index (χ2n) is 3.73. The molecule has 0 aliphatic carbocycles. The number of aliphatic hydroxyl groups is 1. The molecular weight excluding hydrogens is 190 g/mol. The van der Waals surface area contributed by atoms with Gasteiger partial charge >= 0.3 is 0 Å². The fourth-order valence-electron chi connectivity index (χ4n) is 1.79. The Morgan fingerprint density at radius 1 is 1.60 bits per heavy atom. The number of hydrogen-bond acceptors (Lipinski definition) is 3. The summed E-state index contributed by atoms with van der Waals surface area (Å²) in [4.78, 5) is 4.28. The molecule has 2 heterocycles. The average Bonchev–Trinajstić information content (AvgIpc) is 2.57. The molecule has 3 N–H and O–H groups in total. The summed E-state index contributed by atoms with van der Waals surface area (Å²) < 4.78 is 1.97. The maximum atomic E-state index is 9.53. The van der Waals surface area contributed by atoms with Crippen LogP contribution in [0, 0.1) is 0 Å². The third kappa shape index (κ3) is 1.86. The fourth-order valence-corrected chi connectivity index (χ4v) is 1.79. The van der Waals surface area contributed by atoms with E-state index in [1.165, 1.54) is 0 Å². The first-order valence-corrected chi connectivity index (χ1v) is 4.99. The minimum absolute atomic E-state index is 0.288. The quantitative estimate of drug-likeness (QED) is 0.764. The second kappa shape index (κ2) is 4.00. The Labute approximate surface area is 88.3 Å². The Hall–Kier alpha value is -1.39. The number of nitrogens with two attached hydrogens (primary N) is 1. The van der Waals surface area contributed by atoms with Crippen LogP contribution in [0.4, 0.5) is 0 Å². The summed E-state index contributed by atoms with van der Waals surface area (Å²) in [6.07, 6.45) is 3.87. The Bertz CT molecular complexity index is 464. The third-order valence-corrected chi connectivity index (χ3v) is 2.54. The molecular formula is C11H15N3O. The van der Waals surface area contributed by atoms with Crippen LogP contribution in [0.2, 0.25) is 0 Å². The van der Waals surface area contributed by atoms with Crippen molar-refractivity contribution in [3.8, 4) is 0 Å². The van der Waals surface area contributed by atoms with Gasteiger partial charge < -0.3 is 15.4 Å². The van der Waals surface area contributed by atoms with Crippen LogP contribution in [-0.4, -0.2) is 27.3 Å². The van der Waals surface area contributed by atoms with Gasteiger partial charge in [-0.05, 0) is 17.7 Å². The van der Waals surface area contributed by atoms with E-state index in [1.54, 1.807) is 6.20 Å². The molecule has 0 bridgehead atoms. The van der Waals surface area contributed by atoms with Crippen molar-refractivity contribution in [2.75, 3.05) is 6.54 Å². The maximum absolute atomic E-state index is 9.53. The molecule has 0 aromatic carbocycles. The summed E-state index contributed by atoms with van der Waals surface area (Å²) in [5, 5.41) is 10.6. The van der Waals surface area contributed by atoms with Gasteiger partial charge in [-0.25, -0.2) is 4.98 Å². The van der Waals surface area contributed by atoms with Gasteiger partial charge in [0.2, 0.25) is 0 Å². The van der Waals surface area contributed by atoms with Crippen molar-refractivity contribution in [2.45, 2.75) is 12.5 Å². The molecule has 0 aliphatic rings. The minimum Gasteiger partial charge on any atom is -0.391 e. The van der Waals surface area contributed by atoms with E-state index in [-0.39, 0.29) is 6.54 Å². The molecule has 0 spiro atoms. The number of hydrogen-bond donors (Lipinski definition) is 2. The minimum atomic E-state index is -0.476. The molecule has 4 nitrogen and oxygen atoms in total. The standard InChI is InChI=1S/C11H15N3O/c1-14-7-8(5-9(15)6-12)10-3-2-4-13-11(10)14/h2-4,7,9,15H,5-6,12H2,1H3. The number of aromatic nitrogens is 2. The lowest BCUT2D eigenvalue weighted by Gasteiger charge is -2.05. The van der Waals surface area contributed by atoms with Crippen molar-refractivity contribution in [1.29, 1.82) is 0 Å². The molecule has 1 unspecified atom stereocenters. The summed E-state index contributed by atoms with van der Waals surface area (Å²) in [6, 6.07) is 3.92. The molecule has 0 amide bonds. The Balaban J connectivity index is 2.43. The molecule has 80 valence electrons. The Kier molecular flexibility index (Phi) is 2.70. The van der Waals surface area contributed by atoms with Crippen LogP contribution < -0.4 is 5.73 Å². The van der Waals surface area contributed by atoms with Gasteiger partial charge in [0.1, 0.15) is 5.65 Å². The maximum Gasteiger partial charge on any atom is 0.139 e. The van der Waals surface area contributed by atoms with Crippen LogP contribution in [-0.2, 0) is 13.5 Å². The SMILES string of the molecule is Cn1cc(CC(O)CN)c2cccnc21. The van der Waals surface area contributed by atoms with E-state index < -0.39 is 6.10 Å². The van der Waals surface area contributed by atoms with Crippen molar-refractivity contribution < 1.29 is 5.11 Å². The van der Waals surface area contributed by atoms with Crippen LogP contribution >= 0.6 is 0 Å². The predicted molar refractivity (Wildman–Crippen MR) is 59.5 cm³/mol. The number of fused-ring (bicyclic) bond motifs is 1. The molecule has 0 fully saturated rings.